The van der Waals surface area contributed by atoms with Crippen molar-refractivity contribution in [2.24, 2.45) is 0 Å². The van der Waals surface area contributed by atoms with Gasteiger partial charge in [-0.1, -0.05) is 29.3 Å². The highest BCUT2D eigenvalue weighted by Gasteiger charge is 2.39. The second-order valence-electron chi connectivity index (χ2n) is 6.97. The van der Waals surface area contributed by atoms with Crippen LogP contribution in [0, 0.1) is 13.8 Å². The molecule has 1 aliphatic heterocycles. The van der Waals surface area contributed by atoms with Crippen LogP contribution in [0.3, 0.4) is 0 Å². The Labute approximate surface area is 184 Å². The smallest absolute Gasteiger partial charge is 0.241 e. The van der Waals surface area contributed by atoms with E-state index in [-0.39, 0.29) is 23.1 Å². The summed E-state index contributed by atoms with van der Waals surface area (Å²) in [6.07, 6.45) is 0. The van der Waals surface area contributed by atoms with E-state index >= 15 is 0 Å². The number of sulfone groups is 1. The van der Waals surface area contributed by atoms with Crippen LogP contribution in [0.5, 0.6) is 0 Å². The van der Waals surface area contributed by atoms with E-state index < -0.39 is 26.5 Å². The number of nitrogens with one attached hydrogen (secondary N) is 3. The van der Waals surface area contributed by atoms with E-state index in [0.29, 0.717) is 16.3 Å². The molecule has 0 bridgehead atoms. The van der Waals surface area contributed by atoms with E-state index in [1.54, 1.807) is 43.3 Å². The lowest BCUT2D eigenvalue weighted by Crippen LogP contribution is -2.59. The Hall–Kier alpha value is -2.07. The fourth-order valence-corrected chi connectivity index (χ4v) is 5.76. The topological polar surface area (TPSA) is 104 Å². The average Bonchev–Trinajstić information content (AvgIpc) is 2.67. The first-order chi connectivity index (χ1) is 14.2. The molecule has 0 aromatic heterocycles. The van der Waals surface area contributed by atoms with Gasteiger partial charge in [-0.2, -0.15) is 0 Å². The zero-order valence-corrected chi connectivity index (χ0v) is 18.8. The molecule has 3 rings (SSSR count). The average molecular weight is 468 g/mol. The Morgan fingerprint density at radius 1 is 1.20 bits per heavy atom. The molecular formula is C20H22ClN3O4S2. The van der Waals surface area contributed by atoms with Crippen LogP contribution in [0.15, 0.2) is 47.4 Å². The Kier molecular flexibility index (Phi) is 7.07. The van der Waals surface area contributed by atoms with E-state index in [1.165, 1.54) is 17.8 Å². The summed E-state index contributed by atoms with van der Waals surface area (Å²) in [4.78, 5) is 24.8. The molecular weight excluding hydrogens is 446 g/mol. The maximum absolute atomic E-state index is 12.9. The van der Waals surface area contributed by atoms with Crippen molar-refractivity contribution in [3.05, 3.63) is 58.6 Å². The third kappa shape index (κ3) is 5.34. The van der Waals surface area contributed by atoms with Crippen molar-refractivity contribution in [3.63, 3.8) is 0 Å². The SMILES string of the molecule is Cc1ccc(S(=O)(=O)C2CNC(SCC(=O)Nc3ccc(Cl)cc3)NC2=O)c(C)c1. The van der Waals surface area contributed by atoms with Crippen molar-refractivity contribution in [2.75, 3.05) is 17.6 Å². The van der Waals surface area contributed by atoms with Gasteiger partial charge in [0, 0.05) is 17.3 Å². The molecule has 2 aromatic rings. The number of thioether (sulfide) groups is 1. The van der Waals surface area contributed by atoms with Crippen LogP contribution in [0.2, 0.25) is 5.02 Å². The lowest BCUT2D eigenvalue weighted by atomic mass is 10.2. The monoisotopic (exact) mass is 467 g/mol. The van der Waals surface area contributed by atoms with Crippen molar-refractivity contribution >= 4 is 50.7 Å². The molecule has 160 valence electrons. The van der Waals surface area contributed by atoms with Crippen LogP contribution in [0.4, 0.5) is 5.69 Å². The van der Waals surface area contributed by atoms with Crippen LogP contribution < -0.4 is 16.0 Å². The molecule has 0 spiro atoms. The number of halogens is 1. The van der Waals surface area contributed by atoms with Crippen molar-refractivity contribution in [1.82, 2.24) is 10.6 Å². The molecule has 1 heterocycles. The maximum Gasteiger partial charge on any atom is 0.241 e. The van der Waals surface area contributed by atoms with Gasteiger partial charge >= 0.3 is 0 Å². The van der Waals surface area contributed by atoms with Gasteiger partial charge in [0.15, 0.2) is 15.1 Å². The number of hydrogen-bond acceptors (Lipinski definition) is 6. The zero-order chi connectivity index (χ0) is 21.9. The third-order valence-corrected chi connectivity index (χ3v) is 8.07. The molecule has 7 nitrogen and oxygen atoms in total. The molecule has 2 unspecified atom stereocenters. The van der Waals surface area contributed by atoms with Crippen LogP contribution in [0.1, 0.15) is 11.1 Å². The van der Waals surface area contributed by atoms with Gasteiger partial charge in [-0.05, 0) is 49.7 Å². The Morgan fingerprint density at radius 2 is 1.90 bits per heavy atom. The van der Waals surface area contributed by atoms with Gasteiger partial charge in [-0.3, -0.25) is 14.9 Å². The highest BCUT2D eigenvalue weighted by Crippen LogP contribution is 2.23. The summed E-state index contributed by atoms with van der Waals surface area (Å²) in [5, 5.41) is 7.70. The predicted molar refractivity (Wildman–Crippen MR) is 119 cm³/mol. The highest BCUT2D eigenvalue weighted by atomic mass is 35.5. The summed E-state index contributed by atoms with van der Waals surface area (Å²) >= 11 is 6.98. The number of rotatable bonds is 6. The summed E-state index contributed by atoms with van der Waals surface area (Å²) in [5.41, 5.74) is 1.62. The largest absolute Gasteiger partial charge is 0.331 e. The van der Waals surface area contributed by atoms with Crippen LogP contribution in [0.25, 0.3) is 0 Å². The fourth-order valence-electron chi connectivity index (χ4n) is 3.09. The Balaban J connectivity index is 1.56. The highest BCUT2D eigenvalue weighted by molar-refractivity contribution is 8.00. The molecule has 1 fully saturated rings. The first-order valence-electron chi connectivity index (χ1n) is 9.19. The number of hydrogen-bond donors (Lipinski definition) is 3. The van der Waals surface area contributed by atoms with E-state index in [9.17, 15) is 18.0 Å². The Bertz CT molecular complexity index is 1060. The van der Waals surface area contributed by atoms with Crippen molar-refractivity contribution in [1.29, 1.82) is 0 Å². The van der Waals surface area contributed by atoms with E-state index in [0.717, 1.165) is 5.56 Å². The van der Waals surface area contributed by atoms with Gasteiger partial charge in [0.2, 0.25) is 11.8 Å². The standard InChI is InChI=1S/C20H22ClN3O4S2/c1-12-3-8-16(13(2)9-12)30(27,28)17-10-22-20(24-19(17)26)29-11-18(25)23-15-6-4-14(21)5-7-15/h3-9,17,20,22H,10-11H2,1-2H3,(H,23,25)(H,24,26). The lowest BCUT2D eigenvalue weighted by molar-refractivity contribution is -0.122. The van der Waals surface area contributed by atoms with Crippen molar-refractivity contribution in [3.8, 4) is 0 Å². The summed E-state index contributed by atoms with van der Waals surface area (Å²) in [7, 11) is -3.83. The maximum atomic E-state index is 12.9. The number of amides is 2. The minimum Gasteiger partial charge on any atom is -0.331 e. The van der Waals surface area contributed by atoms with Crippen LogP contribution >= 0.6 is 23.4 Å². The molecule has 2 aromatic carbocycles. The molecule has 10 heteroatoms. The second kappa shape index (κ2) is 9.38. The summed E-state index contributed by atoms with van der Waals surface area (Å²) < 4.78 is 25.9. The third-order valence-electron chi connectivity index (χ3n) is 4.58. The first-order valence-corrected chi connectivity index (χ1v) is 12.2. The van der Waals surface area contributed by atoms with Gasteiger partial charge in [-0.25, -0.2) is 8.42 Å². The molecule has 0 saturated carbocycles. The van der Waals surface area contributed by atoms with E-state index in [4.69, 9.17) is 11.6 Å². The number of benzene rings is 2. The molecule has 2 atom stereocenters. The van der Waals surface area contributed by atoms with E-state index in [1.807, 2.05) is 6.92 Å². The van der Waals surface area contributed by atoms with Gasteiger partial charge in [-0.15, -0.1) is 11.8 Å². The number of carbonyl (C=O) groups excluding carboxylic acids is 2. The van der Waals surface area contributed by atoms with Gasteiger partial charge in [0.1, 0.15) is 5.50 Å². The molecule has 1 saturated heterocycles. The minimum absolute atomic E-state index is 0.0298. The van der Waals surface area contributed by atoms with Gasteiger partial charge in [0.05, 0.1) is 10.6 Å². The minimum atomic E-state index is -3.83. The lowest BCUT2D eigenvalue weighted by Gasteiger charge is -2.30. The Morgan fingerprint density at radius 3 is 2.53 bits per heavy atom. The summed E-state index contributed by atoms with van der Waals surface area (Å²) in [5.74, 6) is -0.748. The molecule has 0 aliphatic carbocycles. The number of anilines is 1. The molecule has 2 amide bonds. The van der Waals surface area contributed by atoms with Crippen molar-refractivity contribution in [2.45, 2.75) is 29.5 Å². The van der Waals surface area contributed by atoms with Crippen molar-refractivity contribution < 1.29 is 18.0 Å². The first kappa shape index (κ1) is 22.6. The summed E-state index contributed by atoms with van der Waals surface area (Å²) in [6.45, 7) is 3.56. The van der Waals surface area contributed by atoms with Crippen LogP contribution in [-0.2, 0) is 19.4 Å². The normalized spacial score (nSPS) is 19.2. The molecule has 30 heavy (non-hydrogen) atoms. The zero-order valence-electron chi connectivity index (χ0n) is 16.4. The number of carbonyl (C=O) groups is 2. The second-order valence-corrected chi connectivity index (χ2v) is 10.6. The molecule has 0 radical (unpaired) electrons. The van der Waals surface area contributed by atoms with Crippen LogP contribution in [-0.4, -0.2) is 43.3 Å². The number of aryl methyl sites for hydroxylation is 2. The predicted octanol–water partition coefficient (Wildman–Crippen LogP) is 2.47. The molecule has 3 N–H and O–H groups in total. The molecule has 1 aliphatic rings. The van der Waals surface area contributed by atoms with E-state index in [2.05, 4.69) is 16.0 Å². The van der Waals surface area contributed by atoms with Gasteiger partial charge in [0.25, 0.3) is 0 Å². The van der Waals surface area contributed by atoms with Gasteiger partial charge < -0.3 is 10.6 Å². The fraction of sp³-hybridized carbons (Fsp3) is 0.300. The summed E-state index contributed by atoms with van der Waals surface area (Å²) in [6, 6.07) is 11.7. The quantitative estimate of drug-likeness (QED) is 0.603.